The molecule has 1 aromatic heterocycles. The predicted molar refractivity (Wildman–Crippen MR) is 137 cm³/mol. The molecule has 0 fully saturated rings. The molecule has 0 saturated carbocycles. The molecule has 2 aromatic carbocycles. The van der Waals surface area contributed by atoms with Crippen LogP contribution in [0.4, 0.5) is 0 Å². The van der Waals surface area contributed by atoms with Gasteiger partial charge in [-0.25, -0.2) is 4.68 Å². The van der Waals surface area contributed by atoms with Gasteiger partial charge in [-0.2, -0.15) is 5.10 Å². The minimum Gasteiger partial charge on any atom is -0.363 e. The number of Topliss-reactive ketones (excluding diaryl/α,β-unsaturated/α-hetero) is 1. The van der Waals surface area contributed by atoms with Crippen molar-refractivity contribution in [3.8, 4) is 11.3 Å². The standard InChI is InChI=1S/C26H32N4O4Si/c1-35(2,3)15-14-34-18-30-17-21(23(29-30)20-12-8-5-9-13-20)26(33)28-22(24(31)25(27)32)16-19-10-6-4-7-11-19/h4-13,17,22H,14-16,18H2,1-3H3,(H2,27,32)(H,28,33)/t22-/m0/s1. The molecule has 0 bridgehead atoms. The number of hydrogen-bond donors (Lipinski definition) is 2. The fourth-order valence-electron chi connectivity index (χ4n) is 3.47. The van der Waals surface area contributed by atoms with Crippen LogP contribution in [0, 0.1) is 0 Å². The van der Waals surface area contributed by atoms with Gasteiger partial charge in [-0.15, -0.1) is 0 Å². The maximum Gasteiger partial charge on any atom is 0.287 e. The van der Waals surface area contributed by atoms with Gasteiger partial charge in [0.1, 0.15) is 18.5 Å². The molecule has 9 heteroatoms. The first-order valence-electron chi connectivity index (χ1n) is 11.5. The van der Waals surface area contributed by atoms with Crippen LogP contribution in [0.25, 0.3) is 11.3 Å². The van der Waals surface area contributed by atoms with E-state index in [1.807, 2.05) is 60.7 Å². The Kier molecular flexibility index (Phi) is 8.72. The number of aromatic nitrogens is 2. The number of nitrogens with two attached hydrogens (primary N) is 1. The van der Waals surface area contributed by atoms with Crippen LogP contribution in [0.1, 0.15) is 15.9 Å². The molecule has 1 atom stereocenters. The highest BCUT2D eigenvalue weighted by Crippen LogP contribution is 2.22. The summed E-state index contributed by atoms with van der Waals surface area (Å²) in [6.45, 7) is 7.65. The van der Waals surface area contributed by atoms with Gasteiger partial charge < -0.3 is 15.8 Å². The van der Waals surface area contributed by atoms with Gasteiger partial charge >= 0.3 is 0 Å². The van der Waals surface area contributed by atoms with E-state index in [-0.39, 0.29) is 18.7 Å². The van der Waals surface area contributed by atoms with Gasteiger partial charge in [-0.3, -0.25) is 14.4 Å². The van der Waals surface area contributed by atoms with Crippen LogP contribution in [-0.2, 0) is 27.5 Å². The van der Waals surface area contributed by atoms with Crippen molar-refractivity contribution >= 4 is 25.7 Å². The Morgan fingerprint density at radius 2 is 1.66 bits per heavy atom. The number of benzene rings is 2. The summed E-state index contributed by atoms with van der Waals surface area (Å²) in [6, 6.07) is 18.3. The van der Waals surface area contributed by atoms with Crippen LogP contribution in [0.3, 0.4) is 0 Å². The van der Waals surface area contributed by atoms with Crippen molar-refractivity contribution in [3.05, 3.63) is 78.0 Å². The monoisotopic (exact) mass is 492 g/mol. The number of hydrogen-bond acceptors (Lipinski definition) is 5. The Balaban J connectivity index is 1.84. The molecule has 3 N–H and O–H groups in total. The van der Waals surface area contributed by atoms with Crippen molar-refractivity contribution in [1.82, 2.24) is 15.1 Å². The summed E-state index contributed by atoms with van der Waals surface area (Å²) in [4.78, 5) is 37.5. The summed E-state index contributed by atoms with van der Waals surface area (Å²) in [6.07, 6.45) is 1.74. The number of amides is 2. The Hall–Kier alpha value is -3.56. The second kappa shape index (κ2) is 11.7. The quantitative estimate of drug-likeness (QED) is 0.229. The number of ketones is 1. The van der Waals surface area contributed by atoms with Gasteiger partial charge in [0, 0.05) is 32.9 Å². The number of ether oxygens (including phenoxy) is 1. The van der Waals surface area contributed by atoms with Gasteiger partial charge in [-0.05, 0) is 11.6 Å². The molecular formula is C26H32N4O4Si. The number of nitrogens with zero attached hydrogens (tertiary/aromatic N) is 2. The first-order chi connectivity index (χ1) is 16.6. The van der Waals surface area contributed by atoms with Crippen LogP contribution < -0.4 is 11.1 Å². The Morgan fingerprint density at radius 3 is 2.26 bits per heavy atom. The van der Waals surface area contributed by atoms with Gasteiger partial charge in [0.2, 0.25) is 5.78 Å². The maximum atomic E-state index is 13.3. The van der Waals surface area contributed by atoms with Gasteiger partial charge in [0.05, 0.1) is 5.56 Å². The van der Waals surface area contributed by atoms with Crippen molar-refractivity contribution in [2.75, 3.05) is 6.61 Å². The normalized spacial score (nSPS) is 12.2. The SMILES string of the molecule is C[Si](C)(C)CCOCn1cc(C(=O)N[C@@H](Cc2ccccc2)C(=O)C(N)=O)c(-c2ccccc2)n1. The lowest BCUT2D eigenvalue weighted by Crippen LogP contribution is -2.47. The van der Waals surface area contributed by atoms with Crippen molar-refractivity contribution in [2.45, 2.75) is 44.9 Å². The van der Waals surface area contributed by atoms with Gasteiger partial charge in [0.15, 0.2) is 0 Å². The molecule has 8 nitrogen and oxygen atoms in total. The fourth-order valence-corrected chi connectivity index (χ4v) is 4.22. The van der Waals surface area contributed by atoms with E-state index in [4.69, 9.17) is 10.5 Å². The zero-order chi connectivity index (χ0) is 25.4. The largest absolute Gasteiger partial charge is 0.363 e. The van der Waals surface area contributed by atoms with Gasteiger partial charge in [0.25, 0.3) is 11.8 Å². The molecule has 0 spiro atoms. The predicted octanol–water partition coefficient (Wildman–Crippen LogP) is 3.26. The van der Waals surface area contributed by atoms with E-state index in [0.717, 1.165) is 17.2 Å². The molecule has 0 saturated heterocycles. The first kappa shape index (κ1) is 26.0. The van der Waals surface area contributed by atoms with E-state index >= 15 is 0 Å². The second-order valence-corrected chi connectivity index (χ2v) is 15.2. The zero-order valence-corrected chi connectivity index (χ0v) is 21.4. The van der Waals surface area contributed by atoms with Crippen LogP contribution in [0.2, 0.25) is 25.7 Å². The van der Waals surface area contributed by atoms with Crippen molar-refractivity contribution < 1.29 is 19.1 Å². The van der Waals surface area contributed by atoms with Gasteiger partial charge in [-0.1, -0.05) is 80.3 Å². The summed E-state index contributed by atoms with van der Waals surface area (Å²) in [5.41, 5.74) is 7.54. The third-order valence-electron chi connectivity index (χ3n) is 5.42. The number of primary amides is 1. The molecule has 0 aliphatic heterocycles. The molecule has 3 aromatic rings. The lowest BCUT2D eigenvalue weighted by atomic mass is 10.0. The van der Waals surface area contributed by atoms with E-state index in [1.54, 1.807) is 10.9 Å². The molecule has 2 amide bonds. The highest BCUT2D eigenvalue weighted by Gasteiger charge is 2.28. The fraction of sp³-hybridized carbons (Fsp3) is 0.308. The summed E-state index contributed by atoms with van der Waals surface area (Å²) in [5.74, 6) is -2.47. The summed E-state index contributed by atoms with van der Waals surface area (Å²) in [7, 11) is -1.23. The molecule has 0 aliphatic rings. The summed E-state index contributed by atoms with van der Waals surface area (Å²) in [5, 5.41) is 7.27. The molecule has 3 rings (SSSR count). The zero-order valence-electron chi connectivity index (χ0n) is 20.4. The molecule has 1 heterocycles. The lowest BCUT2D eigenvalue weighted by Gasteiger charge is -2.16. The van der Waals surface area contributed by atoms with Crippen LogP contribution >= 0.6 is 0 Å². The first-order valence-corrected chi connectivity index (χ1v) is 15.2. The number of carbonyl (C=O) groups is 3. The number of nitrogens with one attached hydrogen (secondary N) is 1. The summed E-state index contributed by atoms with van der Waals surface area (Å²) >= 11 is 0. The van der Waals surface area contributed by atoms with E-state index in [9.17, 15) is 14.4 Å². The molecule has 184 valence electrons. The van der Waals surface area contributed by atoms with Crippen LogP contribution in [0.5, 0.6) is 0 Å². The van der Waals surface area contributed by atoms with Crippen LogP contribution in [0.15, 0.2) is 66.9 Å². The molecule has 0 unspecified atom stereocenters. The summed E-state index contributed by atoms with van der Waals surface area (Å²) < 4.78 is 7.37. The highest BCUT2D eigenvalue weighted by molar-refractivity contribution is 6.76. The third kappa shape index (κ3) is 7.73. The lowest BCUT2D eigenvalue weighted by molar-refractivity contribution is -0.137. The van der Waals surface area contributed by atoms with Crippen molar-refractivity contribution in [1.29, 1.82) is 0 Å². The average Bonchev–Trinajstić information content (AvgIpc) is 3.26. The minimum atomic E-state index is -1.23. The Bertz CT molecular complexity index is 1160. The Labute approximate surface area is 206 Å². The average molecular weight is 493 g/mol. The highest BCUT2D eigenvalue weighted by atomic mass is 28.3. The smallest absolute Gasteiger partial charge is 0.287 e. The van der Waals surface area contributed by atoms with E-state index in [0.29, 0.717) is 12.3 Å². The van der Waals surface area contributed by atoms with E-state index in [1.165, 1.54) is 0 Å². The van der Waals surface area contributed by atoms with E-state index < -0.39 is 31.7 Å². The molecule has 0 radical (unpaired) electrons. The van der Waals surface area contributed by atoms with Crippen molar-refractivity contribution in [3.63, 3.8) is 0 Å². The number of rotatable bonds is 12. The molecular weight excluding hydrogens is 460 g/mol. The number of carbonyl (C=O) groups excluding carboxylic acids is 3. The Morgan fingerprint density at radius 1 is 1.03 bits per heavy atom. The third-order valence-corrected chi connectivity index (χ3v) is 7.12. The topological polar surface area (TPSA) is 116 Å². The minimum absolute atomic E-state index is 0.142. The maximum absolute atomic E-state index is 13.3. The molecule has 0 aliphatic carbocycles. The second-order valence-electron chi connectivity index (χ2n) is 9.59. The van der Waals surface area contributed by atoms with E-state index in [2.05, 4.69) is 30.1 Å². The molecule has 35 heavy (non-hydrogen) atoms. The van der Waals surface area contributed by atoms with Crippen LogP contribution in [-0.4, -0.2) is 48.1 Å². The van der Waals surface area contributed by atoms with Crippen molar-refractivity contribution in [2.24, 2.45) is 5.73 Å².